The molecule has 0 spiro atoms. The van der Waals surface area contributed by atoms with E-state index in [2.05, 4.69) is 15.6 Å². The second-order valence-electron chi connectivity index (χ2n) is 6.52. The standard InChI is InChI=1S/C20H24ClN3O2/c1-14(2)13-18(24-19(25)15-6-8-16(21)9-7-15)20(26)23-12-10-17-5-3-4-11-22-17/h3-9,11,14,18H,10,12-13H2,1-2H3,(H,23,26)(H,24,25). The lowest BCUT2D eigenvalue weighted by atomic mass is 10.0. The van der Waals surface area contributed by atoms with Gasteiger partial charge in [-0.1, -0.05) is 31.5 Å². The van der Waals surface area contributed by atoms with Crippen molar-refractivity contribution < 1.29 is 9.59 Å². The molecule has 1 aromatic carbocycles. The molecule has 0 aliphatic rings. The number of amides is 2. The Hall–Kier alpha value is -2.40. The van der Waals surface area contributed by atoms with E-state index in [4.69, 9.17) is 11.6 Å². The summed E-state index contributed by atoms with van der Waals surface area (Å²) in [5.41, 5.74) is 1.39. The van der Waals surface area contributed by atoms with Crippen molar-refractivity contribution in [1.82, 2.24) is 15.6 Å². The largest absolute Gasteiger partial charge is 0.354 e. The van der Waals surface area contributed by atoms with Crippen molar-refractivity contribution in [2.24, 2.45) is 5.92 Å². The van der Waals surface area contributed by atoms with Gasteiger partial charge >= 0.3 is 0 Å². The van der Waals surface area contributed by atoms with Crippen LogP contribution in [-0.4, -0.2) is 29.4 Å². The maximum absolute atomic E-state index is 12.5. The van der Waals surface area contributed by atoms with E-state index in [-0.39, 0.29) is 17.7 Å². The first-order chi connectivity index (χ1) is 12.5. The number of hydrogen-bond donors (Lipinski definition) is 2. The number of rotatable bonds is 8. The summed E-state index contributed by atoms with van der Waals surface area (Å²) in [6.07, 6.45) is 2.94. The molecule has 1 aromatic heterocycles. The summed E-state index contributed by atoms with van der Waals surface area (Å²) in [5.74, 6) is -0.198. The number of carbonyl (C=O) groups is 2. The molecule has 2 aromatic rings. The van der Waals surface area contributed by atoms with Crippen LogP contribution in [0.2, 0.25) is 5.02 Å². The molecule has 2 amide bonds. The normalized spacial score (nSPS) is 11.8. The molecular weight excluding hydrogens is 350 g/mol. The Labute approximate surface area is 159 Å². The number of hydrogen-bond acceptors (Lipinski definition) is 3. The first-order valence-electron chi connectivity index (χ1n) is 8.69. The highest BCUT2D eigenvalue weighted by Crippen LogP contribution is 2.11. The summed E-state index contributed by atoms with van der Waals surface area (Å²) in [6.45, 7) is 4.51. The molecule has 0 radical (unpaired) electrons. The van der Waals surface area contributed by atoms with Crippen molar-refractivity contribution in [2.45, 2.75) is 32.7 Å². The van der Waals surface area contributed by atoms with Crippen molar-refractivity contribution >= 4 is 23.4 Å². The molecule has 0 fully saturated rings. The van der Waals surface area contributed by atoms with Crippen LogP contribution < -0.4 is 10.6 Å². The Morgan fingerprint density at radius 2 is 1.85 bits per heavy atom. The van der Waals surface area contributed by atoms with Gasteiger partial charge in [-0.15, -0.1) is 0 Å². The van der Waals surface area contributed by atoms with Gasteiger partial charge in [-0.25, -0.2) is 0 Å². The average molecular weight is 374 g/mol. The number of carbonyl (C=O) groups excluding carboxylic acids is 2. The van der Waals surface area contributed by atoms with Gasteiger partial charge < -0.3 is 10.6 Å². The summed E-state index contributed by atoms with van der Waals surface area (Å²) in [6, 6.07) is 11.7. The van der Waals surface area contributed by atoms with Crippen molar-refractivity contribution in [3.63, 3.8) is 0 Å². The molecule has 138 valence electrons. The molecule has 0 bridgehead atoms. The maximum atomic E-state index is 12.5. The smallest absolute Gasteiger partial charge is 0.251 e. The number of benzene rings is 1. The first-order valence-corrected chi connectivity index (χ1v) is 9.07. The molecule has 1 heterocycles. The van der Waals surface area contributed by atoms with Crippen LogP contribution in [-0.2, 0) is 11.2 Å². The summed E-state index contributed by atoms with van der Waals surface area (Å²) in [7, 11) is 0. The van der Waals surface area contributed by atoms with E-state index in [9.17, 15) is 9.59 Å². The predicted molar refractivity (Wildman–Crippen MR) is 103 cm³/mol. The molecule has 2 rings (SSSR count). The quantitative estimate of drug-likeness (QED) is 0.746. The van der Waals surface area contributed by atoms with Crippen LogP contribution in [0.15, 0.2) is 48.7 Å². The van der Waals surface area contributed by atoms with Gasteiger partial charge in [-0.2, -0.15) is 0 Å². The fourth-order valence-corrected chi connectivity index (χ4v) is 2.65. The highest BCUT2D eigenvalue weighted by molar-refractivity contribution is 6.30. The Balaban J connectivity index is 1.93. The molecule has 1 unspecified atom stereocenters. The molecule has 0 aliphatic carbocycles. The van der Waals surface area contributed by atoms with Gasteiger partial charge in [0.2, 0.25) is 5.91 Å². The fourth-order valence-electron chi connectivity index (χ4n) is 2.53. The van der Waals surface area contributed by atoms with Crippen molar-refractivity contribution in [2.75, 3.05) is 6.54 Å². The van der Waals surface area contributed by atoms with Gasteiger partial charge in [-0.3, -0.25) is 14.6 Å². The second kappa shape index (κ2) is 9.92. The molecule has 26 heavy (non-hydrogen) atoms. The third kappa shape index (κ3) is 6.48. The van der Waals surface area contributed by atoms with Crippen LogP contribution in [0.3, 0.4) is 0 Å². The molecule has 0 saturated heterocycles. The zero-order chi connectivity index (χ0) is 18.9. The highest BCUT2D eigenvalue weighted by Gasteiger charge is 2.22. The third-order valence-electron chi connectivity index (χ3n) is 3.84. The van der Waals surface area contributed by atoms with Gasteiger partial charge in [0.1, 0.15) is 6.04 Å². The van der Waals surface area contributed by atoms with Gasteiger partial charge in [-0.05, 0) is 48.7 Å². The van der Waals surface area contributed by atoms with E-state index >= 15 is 0 Å². The summed E-state index contributed by atoms with van der Waals surface area (Å²) >= 11 is 5.85. The Morgan fingerprint density at radius 1 is 1.12 bits per heavy atom. The molecule has 2 N–H and O–H groups in total. The minimum absolute atomic E-state index is 0.183. The Morgan fingerprint density at radius 3 is 2.46 bits per heavy atom. The minimum atomic E-state index is -0.582. The monoisotopic (exact) mass is 373 g/mol. The van der Waals surface area contributed by atoms with Crippen LogP contribution in [0, 0.1) is 5.92 Å². The maximum Gasteiger partial charge on any atom is 0.251 e. The van der Waals surface area contributed by atoms with E-state index < -0.39 is 6.04 Å². The van der Waals surface area contributed by atoms with Crippen LogP contribution in [0.25, 0.3) is 0 Å². The van der Waals surface area contributed by atoms with E-state index in [1.165, 1.54) is 0 Å². The van der Waals surface area contributed by atoms with E-state index in [0.29, 0.717) is 30.0 Å². The van der Waals surface area contributed by atoms with Crippen LogP contribution in [0.5, 0.6) is 0 Å². The van der Waals surface area contributed by atoms with Crippen LogP contribution in [0.1, 0.15) is 36.3 Å². The molecular formula is C20H24ClN3O2. The fraction of sp³-hybridized carbons (Fsp3) is 0.350. The molecule has 6 heteroatoms. The number of nitrogens with one attached hydrogen (secondary N) is 2. The Kier molecular flexibility index (Phi) is 7.60. The number of pyridine rings is 1. The van der Waals surface area contributed by atoms with E-state index in [1.807, 2.05) is 32.0 Å². The van der Waals surface area contributed by atoms with Crippen molar-refractivity contribution in [1.29, 1.82) is 0 Å². The highest BCUT2D eigenvalue weighted by atomic mass is 35.5. The lowest BCUT2D eigenvalue weighted by molar-refractivity contribution is -0.123. The molecule has 0 saturated carbocycles. The van der Waals surface area contributed by atoms with Crippen LogP contribution in [0.4, 0.5) is 0 Å². The van der Waals surface area contributed by atoms with E-state index in [1.54, 1.807) is 30.5 Å². The predicted octanol–water partition coefficient (Wildman–Crippen LogP) is 3.24. The number of halogens is 1. The first kappa shape index (κ1) is 19.9. The summed E-state index contributed by atoms with van der Waals surface area (Å²) in [4.78, 5) is 29.2. The summed E-state index contributed by atoms with van der Waals surface area (Å²) < 4.78 is 0. The van der Waals surface area contributed by atoms with Crippen molar-refractivity contribution in [3.8, 4) is 0 Å². The van der Waals surface area contributed by atoms with E-state index in [0.717, 1.165) is 5.69 Å². The molecule has 1 atom stereocenters. The van der Waals surface area contributed by atoms with Gasteiger partial charge in [0.25, 0.3) is 5.91 Å². The number of aromatic nitrogens is 1. The molecule has 5 nitrogen and oxygen atoms in total. The van der Waals surface area contributed by atoms with Crippen molar-refractivity contribution in [3.05, 3.63) is 64.9 Å². The average Bonchev–Trinajstić information content (AvgIpc) is 2.62. The van der Waals surface area contributed by atoms with Gasteiger partial charge in [0.05, 0.1) is 0 Å². The van der Waals surface area contributed by atoms with Gasteiger partial charge in [0.15, 0.2) is 0 Å². The Bertz CT molecular complexity index is 718. The lowest BCUT2D eigenvalue weighted by Gasteiger charge is -2.20. The second-order valence-corrected chi connectivity index (χ2v) is 6.96. The topological polar surface area (TPSA) is 71.1 Å². The van der Waals surface area contributed by atoms with Crippen LogP contribution >= 0.6 is 11.6 Å². The summed E-state index contributed by atoms with van der Waals surface area (Å²) in [5, 5.41) is 6.27. The van der Waals surface area contributed by atoms with Gasteiger partial charge in [0, 0.05) is 35.4 Å². The minimum Gasteiger partial charge on any atom is -0.354 e. The third-order valence-corrected chi connectivity index (χ3v) is 4.09. The number of nitrogens with zero attached hydrogens (tertiary/aromatic N) is 1. The zero-order valence-electron chi connectivity index (χ0n) is 15.0. The molecule has 0 aliphatic heterocycles. The zero-order valence-corrected chi connectivity index (χ0v) is 15.8. The SMILES string of the molecule is CC(C)CC(NC(=O)c1ccc(Cl)cc1)C(=O)NCCc1ccccn1. The lowest BCUT2D eigenvalue weighted by Crippen LogP contribution is -2.47.